The molecule has 0 bridgehead atoms. The second-order valence-corrected chi connectivity index (χ2v) is 5.98. The maximum absolute atomic E-state index is 12.2. The molecule has 2 aromatic rings. The molecule has 7 nitrogen and oxygen atoms in total. The minimum Gasteiger partial charge on any atom is -0.508 e. The number of carbonyl (C=O) groups is 2. The van der Waals surface area contributed by atoms with Crippen molar-refractivity contribution in [3.8, 4) is 17.2 Å². The van der Waals surface area contributed by atoms with Gasteiger partial charge in [-0.2, -0.15) is 0 Å². The molecule has 0 atom stereocenters. The van der Waals surface area contributed by atoms with Crippen LogP contribution < -0.4 is 4.74 Å². The topological polar surface area (TPSA) is 113 Å². The van der Waals surface area contributed by atoms with Gasteiger partial charge in [0.05, 0.1) is 5.56 Å². The molecule has 0 aliphatic heterocycles. The molecule has 1 amide bonds. The first kappa shape index (κ1) is 18.9. The number of amides is 1. The van der Waals surface area contributed by atoms with Gasteiger partial charge in [0.15, 0.2) is 11.4 Å². The van der Waals surface area contributed by atoms with Crippen molar-refractivity contribution in [1.29, 1.82) is 0 Å². The Labute approximate surface area is 149 Å². The molecule has 26 heavy (non-hydrogen) atoms. The van der Waals surface area contributed by atoms with Gasteiger partial charge in [0, 0.05) is 11.2 Å². The van der Waals surface area contributed by atoms with Gasteiger partial charge in [0.2, 0.25) is 0 Å². The number of ketones is 1. The highest BCUT2D eigenvalue weighted by Crippen LogP contribution is 2.27. The number of aromatic hydroxyl groups is 2. The highest BCUT2D eigenvalue weighted by molar-refractivity contribution is 6.08. The van der Waals surface area contributed by atoms with Crippen LogP contribution in [0.25, 0.3) is 6.08 Å². The van der Waals surface area contributed by atoms with Gasteiger partial charge in [0.25, 0.3) is 0 Å². The van der Waals surface area contributed by atoms with E-state index in [4.69, 9.17) is 4.74 Å². The zero-order valence-corrected chi connectivity index (χ0v) is 14.2. The van der Waals surface area contributed by atoms with E-state index < -0.39 is 17.3 Å². The number of phenols is 2. The van der Waals surface area contributed by atoms with Crippen molar-refractivity contribution in [3.05, 3.63) is 64.6 Å². The van der Waals surface area contributed by atoms with Gasteiger partial charge in [0.1, 0.15) is 17.2 Å². The Morgan fingerprint density at radius 3 is 2.46 bits per heavy atom. The van der Waals surface area contributed by atoms with Crippen LogP contribution in [0.4, 0.5) is 0 Å². The lowest BCUT2D eigenvalue weighted by atomic mass is 10.1. The number of benzene rings is 2. The first-order valence-electron chi connectivity index (χ1n) is 7.64. The smallest absolute Gasteiger partial charge is 0.328 e. The first-order valence-corrected chi connectivity index (χ1v) is 7.64. The second-order valence-electron chi connectivity index (χ2n) is 5.98. The predicted octanol–water partition coefficient (Wildman–Crippen LogP) is 3.44. The first-order chi connectivity index (χ1) is 12.2. The zero-order chi connectivity index (χ0) is 19.3. The van der Waals surface area contributed by atoms with Crippen LogP contribution in [0.5, 0.6) is 17.2 Å². The van der Waals surface area contributed by atoms with E-state index in [-0.39, 0.29) is 22.8 Å². The lowest BCUT2D eigenvalue weighted by Crippen LogP contribution is -2.36. The number of ether oxygens (including phenoxy) is 1. The SMILES string of the molecule is CC(C)(Oc1ccc(C(=O)/C=C/c2cccc(O)c2)c(O)c1)C(=O)N=O. The molecule has 0 saturated carbocycles. The van der Waals surface area contributed by atoms with Gasteiger partial charge in [-0.1, -0.05) is 18.2 Å². The highest BCUT2D eigenvalue weighted by atomic mass is 16.5. The summed E-state index contributed by atoms with van der Waals surface area (Å²) in [4.78, 5) is 34.0. The molecule has 0 saturated heterocycles. The third-order valence-electron chi connectivity index (χ3n) is 3.50. The quantitative estimate of drug-likeness (QED) is 0.466. The van der Waals surface area contributed by atoms with E-state index in [1.165, 1.54) is 56.3 Å². The van der Waals surface area contributed by atoms with Gasteiger partial charge < -0.3 is 14.9 Å². The molecule has 0 unspecified atom stereocenters. The highest BCUT2D eigenvalue weighted by Gasteiger charge is 2.31. The largest absolute Gasteiger partial charge is 0.508 e. The fourth-order valence-corrected chi connectivity index (χ4v) is 2.12. The van der Waals surface area contributed by atoms with Gasteiger partial charge >= 0.3 is 5.91 Å². The molecular formula is C19H17NO6. The molecule has 2 N–H and O–H groups in total. The third-order valence-corrected chi connectivity index (χ3v) is 3.50. The summed E-state index contributed by atoms with van der Waals surface area (Å²) in [7, 11) is 0. The second kappa shape index (κ2) is 7.60. The maximum atomic E-state index is 12.2. The molecule has 0 radical (unpaired) electrons. The number of carbonyl (C=O) groups excluding carboxylic acids is 2. The van der Waals surface area contributed by atoms with Gasteiger partial charge in [-0.3, -0.25) is 9.59 Å². The third kappa shape index (κ3) is 4.54. The van der Waals surface area contributed by atoms with E-state index in [1.807, 2.05) is 0 Å². The van der Waals surface area contributed by atoms with Crippen molar-refractivity contribution < 1.29 is 24.5 Å². The standard InChI is InChI=1S/C19H17NO6/c1-19(2,18(24)20-25)26-14-7-8-15(17(23)11-14)16(22)9-6-12-4-3-5-13(21)10-12/h3-11,21,23H,1-2H3/b9-6+. The average molecular weight is 355 g/mol. The summed E-state index contributed by atoms with van der Waals surface area (Å²) in [6, 6.07) is 10.3. The summed E-state index contributed by atoms with van der Waals surface area (Å²) < 4.78 is 5.35. The monoisotopic (exact) mass is 355 g/mol. The van der Waals surface area contributed by atoms with Crippen molar-refractivity contribution in [2.75, 3.05) is 0 Å². The molecule has 134 valence electrons. The Bertz CT molecular complexity index is 885. The summed E-state index contributed by atoms with van der Waals surface area (Å²) in [5.74, 6) is -1.60. The van der Waals surface area contributed by atoms with Crippen molar-refractivity contribution in [2.24, 2.45) is 5.18 Å². The average Bonchev–Trinajstić information content (AvgIpc) is 2.58. The van der Waals surface area contributed by atoms with Crippen molar-refractivity contribution in [2.45, 2.75) is 19.4 Å². The summed E-state index contributed by atoms with van der Waals surface area (Å²) in [5.41, 5.74) is -0.833. The number of rotatable bonds is 6. The lowest BCUT2D eigenvalue weighted by molar-refractivity contribution is -0.130. The van der Waals surface area contributed by atoms with Gasteiger partial charge in [-0.05, 0) is 49.8 Å². The molecule has 0 aromatic heterocycles. The van der Waals surface area contributed by atoms with E-state index in [2.05, 4.69) is 5.18 Å². The molecule has 0 spiro atoms. The van der Waals surface area contributed by atoms with E-state index in [1.54, 1.807) is 12.1 Å². The normalized spacial score (nSPS) is 11.3. The van der Waals surface area contributed by atoms with E-state index in [9.17, 15) is 24.7 Å². The zero-order valence-electron chi connectivity index (χ0n) is 14.2. The van der Waals surface area contributed by atoms with Crippen LogP contribution in [0, 0.1) is 4.91 Å². The Hall–Kier alpha value is -3.48. The fraction of sp³-hybridized carbons (Fsp3) is 0.158. The molecule has 0 aliphatic rings. The van der Waals surface area contributed by atoms with E-state index >= 15 is 0 Å². The van der Waals surface area contributed by atoms with Crippen LogP contribution >= 0.6 is 0 Å². The van der Waals surface area contributed by atoms with Crippen LogP contribution in [0.2, 0.25) is 0 Å². The van der Waals surface area contributed by atoms with Crippen LogP contribution in [-0.2, 0) is 4.79 Å². The van der Waals surface area contributed by atoms with Crippen molar-refractivity contribution >= 4 is 17.8 Å². The predicted molar refractivity (Wildman–Crippen MR) is 95.1 cm³/mol. The van der Waals surface area contributed by atoms with Crippen LogP contribution in [0.1, 0.15) is 29.8 Å². The number of allylic oxidation sites excluding steroid dienone is 1. The van der Waals surface area contributed by atoms with Gasteiger partial charge in [-0.15, -0.1) is 4.91 Å². The molecule has 0 heterocycles. The Balaban J connectivity index is 2.17. The Kier molecular flexibility index (Phi) is 5.51. The number of nitrogens with zero attached hydrogens (tertiary/aromatic N) is 1. The van der Waals surface area contributed by atoms with Crippen molar-refractivity contribution in [1.82, 2.24) is 0 Å². The number of nitroso groups, excluding NO2 is 1. The number of hydrogen-bond acceptors (Lipinski definition) is 6. The molecule has 2 rings (SSSR count). The summed E-state index contributed by atoms with van der Waals surface area (Å²) in [6.45, 7) is 2.73. The molecule has 2 aromatic carbocycles. The van der Waals surface area contributed by atoms with Crippen molar-refractivity contribution in [3.63, 3.8) is 0 Å². The van der Waals surface area contributed by atoms with E-state index in [0.717, 1.165) is 0 Å². The minimum atomic E-state index is -1.49. The summed E-state index contributed by atoms with van der Waals surface area (Å²) >= 11 is 0. The van der Waals surface area contributed by atoms with E-state index in [0.29, 0.717) is 5.56 Å². The van der Waals surface area contributed by atoms with Crippen LogP contribution in [-0.4, -0.2) is 27.5 Å². The molecule has 0 aliphatic carbocycles. The minimum absolute atomic E-state index is 0.0337. The Morgan fingerprint density at radius 2 is 1.85 bits per heavy atom. The lowest BCUT2D eigenvalue weighted by Gasteiger charge is -2.21. The maximum Gasteiger partial charge on any atom is 0.328 e. The molecule has 0 fully saturated rings. The van der Waals surface area contributed by atoms with Crippen LogP contribution in [0.3, 0.4) is 0 Å². The number of phenolic OH excluding ortho intramolecular Hbond substituents is 2. The Morgan fingerprint density at radius 1 is 1.12 bits per heavy atom. The van der Waals surface area contributed by atoms with Crippen LogP contribution in [0.15, 0.2) is 53.7 Å². The summed E-state index contributed by atoms with van der Waals surface area (Å²) in [6.07, 6.45) is 2.76. The van der Waals surface area contributed by atoms with Gasteiger partial charge in [-0.25, -0.2) is 0 Å². The molecule has 7 heteroatoms. The fourth-order valence-electron chi connectivity index (χ4n) is 2.12. The number of hydrogen-bond donors (Lipinski definition) is 2. The molecular weight excluding hydrogens is 338 g/mol. The summed E-state index contributed by atoms with van der Waals surface area (Å²) in [5, 5.41) is 21.8.